The number of anilines is 2. The van der Waals surface area contributed by atoms with E-state index in [0.29, 0.717) is 6.54 Å². The third kappa shape index (κ3) is 3.15. The molecule has 0 fully saturated rings. The standard InChI is InChI=1S/C18H22N4O3/c1-11-9-22(13-7-5-12(6-8-13)18(2,3)24-4)17(23)14-15(19)20-10-21-16(14)25-11/h5-8,10-11H,9H2,1-4H3,(H2,19,20,21)/t11-/m1/s1. The molecule has 0 spiro atoms. The van der Waals surface area contributed by atoms with Gasteiger partial charge in [-0.15, -0.1) is 0 Å². The molecular weight excluding hydrogens is 320 g/mol. The van der Waals surface area contributed by atoms with Crippen molar-refractivity contribution in [2.24, 2.45) is 0 Å². The summed E-state index contributed by atoms with van der Waals surface area (Å²) in [6, 6.07) is 7.69. The lowest BCUT2D eigenvalue weighted by atomic mass is 9.97. The fourth-order valence-corrected chi connectivity index (χ4v) is 2.76. The number of hydrogen-bond acceptors (Lipinski definition) is 6. The highest BCUT2D eigenvalue weighted by Crippen LogP contribution is 2.31. The number of hydrogen-bond donors (Lipinski definition) is 1. The molecule has 7 heteroatoms. The minimum absolute atomic E-state index is 0.117. The molecule has 1 aliphatic rings. The quantitative estimate of drug-likeness (QED) is 0.921. The average molecular weight is 342 g/mol. The largest absolute Gasteiger partial charge is 0.472 e. The number of rotatable bonds is 3. The highest BCUT2D eigenvalue weighted by Gasteiger charge is 2.31. The van der Waals surface area contributed by atoms with Gasteiger partial charge >= 0.3 is 0 Å². The van der Waals surface area contributed by atoms with E-state index in [4.69, 9.17) is 15.2 Å². The second kappa shape index (κ2) is 6.33. The van der Waals surface area contributed by atoms with Crippen LogP contribution in [0.5, 0.6) is 5.88 Å². The van der Waals surface area contributed by atoms with Crippen molar-refractivity contribution >= 4 is 17.4 Å². The van der Waals surface area contributed by atoms with E-state index < -0.39 is 5.60 Å². The summed E-state index contributed by atoms with van der Waals surface area (Å²) >= 11 is 0. The van der Waals surface area contributed by atoms with Crippen LogP contribution < -0.4 is 15.4 Å². The molecule has 1 amide bonds. The Hall–Kier alpha value is -2.67. The fourth-order valence-electron chi connectivity index (χ4n) is 2.76. The van der Waals surface area contributed by atoms with E-state index in [0.717, 1.165) is 11.3 Å². The van der Waals surface area contributed by atoms with Crippen LogP contribution in [-0.2, 0) is 10.3 Å². The van der Waals surface area contributed by atoms with E-state index in [1.807, 2.05) is 45.0 Å². The number of ether oxygens (including phenoxy) is 2. The van der Waals surface area contributed by atoms with E-state index in [-0.39, 0.29) is 29.3 Å². The zero-order valence-corrected chi connectivity index (χ0v) is 14.8. The highest BCUT2D eigenvalue weighted by atomic mass is 16.5. The lowest BCUT2D eigenvalue weighted by Crippen LogP contribution is -2.36. The summed E-state index contributed by atoms with van der Waals surface area (Å²) in [4.78, 5) is 22.6. The van der Waals surface area contributed by atoms with Gasteiger partial charge in [0, 0.05) is 12.8 Å². The van der Waals surface area contributed by atoms with Crippen molar-refractivity contribution < 1.29 is 14.3 Å². The van der Waals surface area contributed by atoms with Gasteiger partial charge in [0.05, 0.1) is 12.1 Å². The summed E-state index contributed by atoms with van der Waals surface area (Å²) in [5.41, 5.74) is 7.47. The molecular formula is C18H22N4O3. The molecule has 0 saturated heterocycles. The Morgan fingerprint density at radius 1 is 1.28 bits per heavy atom. The maximum atomic E-state index is 13.0. The average Bonchev–Trinajstić information content (AvgIpc) is 2.72. The van der Waals surface area contributed by atoms with Gasteiger partial charge in [-0.2, -0.15) is 0 Å². The minimum atomic E-state index is -0.400. The van der Waals surface area contributed by atoms with Crippen molar-refractivity contribution in [3.8, 4) is 5.88 Å². The van der Waals surface area contributed by atoms with Crippen LogP contribution in [0.2, 0.25) is 0 Å². The van der Waals surface area contributed by atoms with E-state index in [2.05, 4.69) is 9.97 Å². The number of amides is 1. The molecule has 25 heavy (non-hydrogen) atoms. The molecule has 0 aliphatic carbocycles. The molecule has 2 N–H and O–H groups in total. The maximum Gasteiger partial charge on any atom is 0.267 e. The van der Waals surface area contributed by atoms with Crippen molar-refractivity contribution in [1.29, 1.82) is 0 Å². The molecule has 1 aromatic heterocycles. The van der Waals surface area contributed by atoms with Crippen molar-refractivity contribution in [2.75, 3.05) is 24.3 Å². The Kier molecular flexibility index (Phi) is 4.34. The molecule has 0 saturated carbocycles. The van der Waals surface area contributed by atoms with Gasteiger partial charge in [0.2, 0.25) is 5.88 Å². The first kappa shape index (κ1) is 17.2. The van der Waals surface area contributed by atoms with Crippen LogP contribution in [0.4, 0.5) is 11.5 Å². The van der Waals surface area contributed by atoms with Gasteiger partial charge in [0.25, 0.3) is 5.91 Å². The summed E-state index contributed by atoms with van der Waals surface area (Å²) < 4.78 is 11.2. The highest BCUT2D eigenvalue weighted by molar-refractivity contribution is 6.10. The molecule has 3 rings (SSSR count). The van der Waals surface area contributed by atoms with E-state index in [1.54, 1.807) is 12.0 Å². The third-order valence-corrected chi connectivity index (χ3v) is 4.44. The second-order valence-corrected chi connectivity index (χ2v) is 6.54. The number of nitrogens with zero attached hydrogens (tertiary/aromatic N) is 3. The van der Waals surface area contributed by atoms with Crippen LogP contribution in [0.3, 0.4) is 0 Å². The van der Waals surface area contributed by atoms with Crippen molar-refractivity contribution in [1.82, 2.24) is 9.97 Å². The van der Waals surface area contributed by atoms with Gasteiger partial charge < -0.3 is 20.1 Å². The Morgan fingerprint density at radius 3 is 2.60 bits per heavy atom. The second-order valence-electron chi connectivity index (χ2n) is 6.54. The summed E-state index contributed by atoms with van der Waals surface area (Å²) in [7, 11) is 1.67. The van der Waals surface area contributed by atoms with Crippen molar-refractivity contribution in [3.05, 3.63) is 41.7 Å². The van der Waals surface area contributed by atoms with Crippen molar-refractivity contribution in [3.63, 3.8) is 0 Å². The smallest absolute Gasteiger partial charge is 0.267 e. The van der Waals surface area contributed by atoms with E-state index >= 15 is 0 Å². The normalized spacial score (nSPS) is 17.7. The number of nitrogen functional groups attached to an aromatic ring is 1. The Bertz CT molecular complexity index is 789. The Labute approximate surface area is 146 Å². The van der Waals surface area contributed by atoms with Gasteiger partial charge in [0.1, 0.15) is 23.8 Å². The van der Waals surface area contributed by atoms with Gasteiger partial charge in [-0.1, -0.05) is 12.1 Å². The predicted octanol–water partition coefficient (Wildman–Crippen LogP) is 2.37. The molecule has 132 valence electrons. The number of methoxy groups -OCH3 is 1. The summed E-state index contributed by atoms with van der Waals surface area (Å²) in [6.07, 6.45) is 1.07. The van der Waals surface area contributed by atoms with Gasteiger partial charge in [0.15, 0.2) is 0 Å². The van der Waals surface area contributed by atoms with Crippen LogP contribution in [0.1, 0.15) is 36.7 Å². The van der Waals surface area contributed by atoms with Crippen molar-refractivity contribution in [2.45, 2.75) is 32.5 Å². The maximum absolute atomic E-state index is 13.0. The van der Waals surface area contributed by atoms with Gasteiger partial charge in [-0.3, -0.25) is 4.79 Å². The monoisotopic (exact) mass is 342 g/mol. The van der Waals surface area contributed by atoms with Crippen LogP contribution in [0.15, 0.2) is 30.6 Å². The summed E-state index contributed by atoms with van der Waals surface area (Å²) in [5.74, 6) is 0.0760. The molecule has 0 bridgehead atoms. The SMILES string of the molecule is COC(C)(C)c1ccc(N2C[C@@H](C)Oc3ncnc(N)c3C2=O)cc1. The van der Waals surface area contributed by atoms with Gasteiger partial charge in [-0.05, 0) is 38.5 Å². The molecule has 2 heterocycles. The number of fused-ring (bicyclic) bond motifs is 1. The molecule has 1 aromatic carbocycles. The Balaban J connectivity index is 1.99. The Morgan fingerprint density at radius 2 is 1.96 bits per heavy atom. The minimum Gasteiger partial charge on any atom is -0.472 e. The van der Waals surface area contributed by atoms with Crippen LogP contribution in [0, 0.1) is 0 Å². The first-order chi connectivity index (χ1) is 11.8. The van der Waals surface area contributed by atoms with Crippen LogP contribution in [-0.4, -0.2) is 35.6 Å². The molecule has 7 nitrogen and oxygen atoms in total. The molecule has 1 aliphatic heterocycles. The van der Waals surface area contributed by atoms with E-state index in [1.165, 1.54) is 6.33 Å². The number of benzene rings is 1. The first-order valence-corrected chi connectivity index (χ1v) is 8.08. The van der Waals surface area contributed by atoms with Gasteiger partial charge in [-0.25, -0.2) is 9.97 Å². The van der Waals surface area contributed by atoms with E-state index in [9.17, 15) is 4.79 Å². The van der Waals surface area contributed by atoms with Crippen LogP contribution >= 0.6 is 0 Å². The lowest BCUT2D eigenvalue weighted by molar-refractivity contribution is 0.0192. The lowest BCUT2D eigenvalue weighted by Gasteiger charge is -2.26. The molecule has 2 aromatic rings. The molecule has 0 radical (unpaired) electrons. The predicted molar refractivity (Wildman–Crippen MR) is 94.7 cm³/mol. The third-order valence-electron chi connectivity index (χ3n) is 4.44. The number of carbonyl (C=O) groups excluding carboxylic acids is 1. The zero-order chi connectivity index (χ0) is 18.2. The number of aromatic nitrogens is 2. The summed E-state index contributed by atoms with van der Waals surface area (Å²) in [5, 5.41) is 0. The zero-order valence-electron chi connectivity index (χ0n) is 14.8. The number of carbonyl (C=O) groups is 1. The number of nitrogens with two attached hydrogens (primary N) is 1. The topological polar surface area (TPSA) is 90.6 Å². The first-order valence-electron chi connectivity index (χ1n) is 8.08. The molecule has 0 unspecified atom stereocenters. The fraction of sp³-hybridized carbons (Fsp3) is 0.389. The van der Waals surface area contributed by atoms with Crippen LogP contribution in [0.25, 0.3) is 0 Å². The summed E-state index contributed by atoms with van der Waals surface area (Å²) in [6.45, 7) is 6.25. The molecule has 1 atom stereocenters.